The first-order valence-corrected chi connectivity index (χ1v) is 5.39. The summed E-state index contributed by atoms with van der Waals surface area (Å²) in [6, 6.07) is 0. The molecule has 0 bridgehead atoms. The molecular formula is C11H17N. The van der Waals surface area contributed by atoms with Crippen molar-refractivity contribution in [1.29, 1.82) is 0 Å². The van der Waals surface area contributed by atoms with Crippen molar-refractivity contribution in [2.45, 2.75) is 32.1 Å². The monoisotopic (exact) mass is 163 g/mol. The molecule has 1 aliphatic heterocycles. The quantitative estimate of drug-likeness (QED) is 0.625. The topological polar surface area (TPSA) is 12.0 Å². The first-order chi connectivity index (χ1) is 5.95. The van der Waals surface area contributed by atoms with Crippen LogP contribution in [0.15, 0.2) is 11.8 Å². The molecule has 2 aliphatic carbocycles. The smallest absolute Gasteiger partial charge is 0.0150 e. The summed E-state index contributed by atoms with van der Waals surface area (Å²) in [5, 5.41) is 3.53. The van der Waals surface area contributed by atoms with Crippen LogP contribution in [0.5, 0.6) is 0 Å². The molecule has 0 radical (unpaired) electrons. The Morgan fingerprint density at radius 1 is 1.17 bits per heavy atom. The lowest BCUT2D eigenvalue weighted by Gasteiger charge is -2.27. The van der Waals surface area contributed by atoms with E-state index in [1.807, 2.05) is 0 Å². The Bertz CT molecular complexity index is 215. The van der Waals surface area contributed by atoms with E-state index in [2.05, 4.69) is 11.4 Å². The first-order valence-electron chi connectivity index (χ1n) is 5.39. The van der Waals surface area contributed by atoms with Crippen molar-refractivity contribution >= 4 is 0 Å². The SMILES string of the molecule is C1=C2NCCC2C(C2CC2)CC1. The normalized spacial score (nSPS) is 40.2. The predicted molar refractivity (Wildman–Crippen MR) is 49.6 cm³/mol. The van der Waals surface area contributed by atoms with Gasteiger partial charge in [-0.1, -0.05) is 6.08 Å². The standard InChI is InChI=1S/C11H17N/c1-2-9(8-4-5-8)10-6-7-12-11(10)3-1/h3,8-10,12H,1-2,4-7H2. The minimum Gasteiger partial charge on any atom is -0.388 e. The van der Waals surface area contributed by atoms with Crippen LogP contribution in [0.2, 0.25) is 0 Å². The second-order valence-electron chi connectivity index (χ2n) is 4.56. The van der Waals surface area contributed by atoms with Gasteiger partial charge in [-0.15, -0.1) is 0 Å². The highest BCUT2D eigenvalue weighted by Gasteiger charge is 2.40. The van der Waals surface area contributed by atoms with Crippen molar-refractivity contribution in [2.75, 3.05) is 6.54 Å². The van der Waals surface area contributed by atoms with E-state index in [4.69, 9.17) is 0 Å². The molecule has 3 aliphatic rings. The van der Waals surface area contributed by atoms with Crippen LogP contribution in [0, 0.1) is 17.8 Å². The number of hydrogen-bond acceptors (Lipinski definition) is 1. The molecule has 0 amide bonds. The molecule has 1 saturated carbocycles. The van der Waals surface area contributed by atoms with Gasteiger partial charge in [0.1, 0.15) is 0 Å². The molecule has 0 aromatic rings. The van der Waals surface area contributed by atoms with Gasteiger partial charge in [0, 0.05) is 18.2 Å². The molecule has 2 atom stereocenters. The van der Waals surface area contributed by atoms with Gasteiger partial charge >= 0.3 is 0 Å². The highest BCUT2D eigenvalue weighted by molar-refractivity contribution is 5.15. The van der Waals surface area contributed by atoms with Crippen molar-refractivity contribution in [2.24, 2.45) is 17.8 Å². The zero-order valence-electron chi connectivity index (χ0n) is 7.55. The van der Waals surface area contributed by atoms with Gasteiger partial charge in [-0.3, -0.25) is 0 Å². The second-order valence-corrected chi connectivity index (χ2v) is 4.56. The molecule has 1 saturated heterocycles. The van der Waals surface area contributed by atoms with Gasteiger partial charge in [-0.2, -0.15) is 0 Å². The Kier molecular flexibility index (Phi) is 1.46. The lowest BCUT2D eigenvalue weighted by molar-refractivity contribution is 0.308. The summed E-state index contributed by atoms with van der Waals surface area (Å²) in [5.74, 6) is 3.10. The Labute approximate surface area is 74.2 Å². The van der Waals surface area contributed by atoms with E-state index in [-0.39, 0.29) is 0 Å². The highest BCUT2D eigenvalue weighted by atomic mass is 14.9. The maximum Gasteiger partial charge on any atom is 0.0150 e. The Morgan fingerprint density at radius 2 is 2.08 bits per heavy atom. The van der Waals surface area contributed by atoms with Gasteiger partial charge < -0.3 is 5.32 Å². The number of hydrogen-bond donors (Lipinski definition) is 1. The third-order valence-electron chi connectivity index (χ3n) is 3.79. The third kappa shape index (κ3) is 0.988. The van der Waals surface area contributed by atoms with Gasteiger partial charge in [0.2, 0.25) is 0 Å². The van der Waals surface area contributed by atoms with E-state index < -0.39 is 0 Å². The number of fused-ring (bicyclic) bond motifs is 1. The fourth-order valence-electron chi connectivity index (χ4n) is 3.05. The minimum atomic E-state index is 0.936. The van der Waals surface area contributed by atoms with Gasteiger partial charge in [-0.05, 0) is 43.9 Å². The van der Waals surface area contributed by atoms with E-state index in [1.165, 1.54) is 38.6 Å². The Morgan fingerprint density at radius 3 is 2.92 bits per heavy atom. The van der Waals surface area contributed by atoms with Crippen LogP contribution in [0.4, 0.5) is 0 Å². The molecule has 2 fully saturated rings. The number of nitrogens with one attached hydrogen (secondary N) is 1. The molecule has 0 spiro atoms. The molecule has 1 heteroatoms. The molecule has 1 heterocycles. The number of allylic oxidation sites excluding steroid dienone is 2. The van der Waals surface area contributed by atoms with Crippen LogP contribution in [-0.4, -0.2) is 6.54 Å². The largest absolute Gasteiger partial charge is 0.388 e. The second kappa shape index (κ2) is 2.51. The molecule has 12 heavy (non-hydrogen) atoms. The Hall–Kier alpha value is -0.460. The molecule has 0 aromatic carbocycles. The molecule has 3 rings (SSSR count). The molecule has 1 N–H and O–H groups in total. The van der Waals surface area contributed by atoms with Crippen LogP contribution in [0.25, 0.3) is 0 Å². The lowest BCUT2D eigenvalue weighted by atomic mass is 9.78. The maximum atomic E-state index is 3.53. The molecule has 0 aromatic heterocycles. The fraction of sp³-hybridized carbons (Fsp3) is 0.818. The summed E-state index contributed by atoms with van der Waals surface area (Å²) in [7, 11) is 0. The summed E-state index contributed by atoms with van der Waals surface area (Å²) in [6.07, 6.45) is 9.70. The summed E-state index contributed by atoms with van der Waals surface area (Å²) < 4.78 is 0. The zero-order chi connectivity index (χ0) is 7.97. The zero-order valence-corrected chi connectivity index (χ0v) is 7.55. The molecule has 1 nitrogen and oxygen atoms in total. The van der Waals surface area contributed by atoms with Crippen molar-refractivity contribution in [3.63, 3.8) is 0 Å². The van der Waals surface area contributed by atoms with Gasteiger partial charge in [0.05, 0.1) is 0 Å². The van der Waals surface area contributed by atoms with Crippen LogP contribution in [-0.2, 0) is 0 Å². The maximum absolute atomic E-state index is 3.53. The average Bonchev–Trinajstić information content (AvgIpc) is 2.82. The molecular weight excluding hydrogens is 146 g/mol. The fourth-order valence-corrected chi connectivity index (χ4v) is 3.05. The third-order valence-corrected chi connectivity index (χ3v) is 3.79. The summed E-state index contributed by atoms with van der Waals surface area (Å²) in [4.78, 5) is 0. The van der Waals surface area contributed by atoms with Crippen LogP contribution < -0.4 is 5.32 Å². The van der Waals surface area contributed by atoms with E-state index in [1.54, 1.807) is 5.70 Å². The number of rotatable bonds is 1. The van der Waals surface area contributed by atoms with Gasteiger partial charge in [0.15, 0.2) is 0 Å². The average molecular weight is 163 g/mol. The summed E-state index contributed by atoms with van der Waals surface area (Å²) in [5.41, 5.74) is 1.60. The van der Waals surface area contributed by atoms with E-state index >= 15 is 0 Å². The van der Waals surface area contributed by atoms with E-state index in [0.29, 0.717) is 0 Å². The first kappa shape index (κ1) is 6.99. The van der Waals surface area contributed by atoms with Gasteiger partial charge in [-0.25, -0.2) is 0 Å². The van der Waals surface area contributed by atoms with E-state index in [9.17, 15) is 0 Å². The lowest BCUT2D eigenvalue weighted by Crippen LogP contribution is -2.21. The van der Waals surface area contributed by atoms with Crippen LogP contribution in [0.3, 0.4) is 0 Å². The van der Waals surface area contributed by atoms with Crippen molar-refractivity contribution in [1.82, 2.24) is 5.32 Å². The Balaban J connectivity index is 1.82. The van der Waals surface area contributed by atoms with E-state index in [0.717, 1.165) is 17.8 Å². The molecule has 2 unspecified atom stereocenters. The van der Waals surface area contributed by atoms with Crippen molar-refractivity contribution in [3.8, 4) is 0 Å². The minimum absolute atomic E-state index is 0.936. The van der Waals surface area contributed by atoms with Crippen LogP contribution in [0.1, 0.15) is 32.1 Å². The molecule has 66 valence electrons. The van der Waals surface area contributed by atoms with Crippen LogP contribution >= 0.6 is 0 Å². The van der Waals surface area contributed by atoms with Crippen molar-refractivity contribution in [3.05, 3.63) is 11.8 Å². The summed E-state index contributed by atoms with van der Waals surface area (Å²) >= 11 is 0. The summed E-state index contributed by atoms with van der Waals surface area (Å²) in [6.45, 7) is 1.24. The highest BCUT2D eigenvalue weighted by Crippen LogP contribution is 2.48. The predicted octanol–water partition coefficient (Wildman–Crippen LogP) is 2.30. The van der Waals surface area contributed by atoms with Crippen molar-refractivity contribution < 1.29 is 0 Å². The van der Waals surface area contributed by atoms with Gasteiger partial charge in [0.25, 0.3) is 0 Å².